The Morgan fingerprint density at radius 2 is 2.32 bits per heavy atom. The molecule has 0 unspecified atom stereocenters. The maximum absolute atomic E-state index is 12.6. The van der Waals surface area contributed by atoms with Gasteiger partial charge < -0.3 is 4.90 Å². The Hall–Kier alpha value is -0.920. The third-order valence-corrected chi connectivity index (χ3v) is 5.56. The molecule has 1 amide bonds. The average Bonchev–Trinajstić information content (AvgIpc) is 2.97. The summed E-state index contributed by atoms with van der Waals surface area (Å²) in [5.74, 6) is 0.360. The molecule has 1 saturated heterocycles. The Kier molecular flexibility index (Phi) is 6.00. The molecule has 2 atom stereocenters. The van der Waals surface area contributed by atoms with Crippen LogP contribution in [0, 0.1) is 11.8 Å². The lowest BCUT2D eigenvalue weighted by Gasteiger charge is -2.34. The number of piperidine rings is 1. The second kappa shape index (κ2) is 7.57. The standard InChI is InChI=1S/C15H24N2O3S2/c1-12(9-14-6-4-8-21-14)15(18)17-7-3-5-13(11-17)10-16-22(2,19)20/h4,6,8,12-13,16H,3,5,7,9-11H2,1-2H3/t12-,13+/m1/s1. The van der Waals surface area contributed by atoms with Crippen LogP contribution in [0.5, 0.6) is 0 Å². The molecule has 2 rings (SSSR count). The monoisotopic (exact) mass is 344 g/mol. The molecule has 1 aliphatic rings. The third kappa shape index (κ3) is 5.37. The molecule has 0 bridgehead atoms. The van der Waals surface area contributed by atoms with E-state index in [1.54, 1.807) is 11.3 Å². The van der Waals surface area contributed by atoms with Crippen molar-refractivity contribution in [2.75, 3.05) is 25.9 Å². The summed E-state index contributed by atoms with van der Waals surface area (Å²) in [4.78, 5) is 15.7. The number of thiophene rings is 1. The molecule has 1 fully saturated rings. The van der Waals surface area contributed by atoms with Crippen LogP contribution in [0.1, 0.15) is 24.6 Å². The van der Waals surface area contributed by atoms with Crippen molar-refractivity contribution in [2.45, 2.75) is 26.2 Å². The highest BCUT2D eigenvalue weighted by Crippen LogP contribution is 2.21. The van der Waals surface area contributed by atoms with Gasteiger partial charge in [0.15, 0.2) is 0 Å². The smallest absolute Gasteiger partial charge is 0.225 e. The Bertz CT molecular complexity index is 584. The molecule has 22 heavy (non-hydrogen) atoms. The lowest BCUT2D eigenvalue weighted by molar-refractivity contribution is -0.136. The molecule has 1 N–H and O–H groups in total. The first kappa shape index (κ1) is 17.4. The van der Waals surface area contributed by atoms with Gasteiger partial charge in [-0.25, -0.2) is 13.1 Å². The zero-order chi connectivity index (χ0) is 16.2. The number of rotatable bonds is 6. The SMILES string of the molecule is C[C@H](Cc1cccs1)C(=O)N1CCC[C@@H](CNS(C)(=O)=O)C1. The van der Waals surface area contributed by atoms with Gasteiger partial charge >= 0.3 is 0 Å². The van der Waals surface area contributed by atoms with Crippen molar-refractivity contribution >= 4 is 27.3 Å². The fourth-order valence-corrected chi connectivity index (χ4v) is 4.20. The molecule has 0 aromatic carbocycles. The van der Waals surface area contributed by atoms with Crippen molar-refractivity contribution in [1.29, 1.82) is 0 Å². The van der Waals surface area contributed by atoms with E-state index < -0.39 is 10.0 Å². The van der Waals surface area contributed by atoms with Crippen LogP contribution in [0.15, 0.2) is 17.5 Å². The van der Waals surface area contributed by atoms with Gasteiger partial charge in [0.25, 0.3) is 0 Å². The predicted molar refractivity (Wildman–Crippen MR) is 89.3 cm³/mol. The molecular weight excluding hydrogens is 320 g/mol. The number of hydrogen-bond donors (Lipinski definition) is 1. The Morgan fingerprint density at radius 1 is 1.55 bits per heavy atom. The van der Waals surface area contributed by atoms with Gasteiger partial charge in [0.2, 0.25) is 15.9 Å². The van der Waals surface area contributed by atoms with E-state index in [9.17, 15) is 13.2 Å². The molecule has 0 radical (unpaired) electrons. The number of likely N-dealkylation sites (tertiary alicyclic amines) is 1. The summed E-state index contributed by atoms with van der Waals surface area (Å²) < 4.78 is 24.9. The minimum Gasteiger partial charge on any atom is -0.342 e. The maximum Gasteiger partial charge on any atom is 0.225 e. The molecule has 2 heterocycles. The molecule has 0 saturated carbocycles. The summed E-state index contributed by atoms with van der Waals surface area (Å²) in [7, 11) is -3.16. The fourth-order valence-electron chi connectivity index (χ4n) is 2.83. The molecule has 0 spiro atoms. The first-order valence-electron chi connectivity index (χ1n) is 7.61. The van der Waals surface area contributed by atoms with E-state index in [1.165, 1.54) is 11.1 Å². The van der Waals surface area contributed by atoms with Gasteiger partial charge in [0.05, 0.1) is 6.26 Å². The fraction of sp³-hybridized carbons (Fsp3) is 0.667. The predicted octanol–water partition coefficient (Wildman–Crippen LogP) is 1.71. The maximum atomic E-state index is 12.6. The summed E-state index contributed by atoms with van der Waals surface area (Å²) in [6, 6.07) is 4.06. The first-order chi connectivity index (χ1) is 10.3. The van der Waals surface area contributed by atoms with Gasteiger partial charge in [-0.1, -0.05) is 13.0 Å². The lowest BCUT2D eigenvalue weighted by atomic mass is 9.96. The van der Waals surface area contributed by atoms with Crippen LogP contribution in [0.3, 0.4) is 0 Å². The summed E-state index contributed by atoms with van der Waals surface area (Å²) in [6.45, 7) is 3.82. The molecule has 1 aromatic rings. The highest BCUT2D eigenvalue weighted by molar-refractivity contribution is 7.88. The van der Waals surface area contributed by atoms with Crippen LogP contribution in [0.2, 0.25) is 0 Å². The van der Waals surface area contributed by atoms with Gasteiger partial charge in [-0.3, -0.25) is 4.79 Å². The van der Waals surface area contributed by atoms with E-state index in [0.29, 0.717) is 13.1 Å². The van der Waals surface area contributed by atoms with Crippen LogP contribution in [0.4, 0.5) is 0 Å². The number of sulfonamides is 1. The van der Waals surface area contributed by atoms with E-state index in [1.807, 2.05) is 23.3 Å². The largest absolute Gasteiger partial charge is 0.342 e. The number of carbonyl (C=O) groups is 1. The lowest BCUT2D eigenvalue weighted by Crippen LogP contribution is -2.45. The van der Waals surface area contributed by atoms with E-state index in [4.69, 9.17) is 0 Å². The summed E-state index contributed by atoms with van der Waals surface area (Å²) in [6.07, 6.45) is 3.85. The Labute approximate surface area is 136 Å². The van der Waals surface area contributed by atoms with Crippen LogP contribution < -0.4 is 4.72 Å². The molecule has 1 aromatic heterocycles. The van der Waals surface area contributed by atoms with Crippen molar-refractivity contribution in [2.24, 2.45) is 11.8 Å². The second-order valence-electron chi connectivity index (χ2n) is 6.10. The zero-order valence-electron chi connectivity index (χ0n) is 13.1. The highest BCUT2D eigenvalue weighted by atomic mass is 32.2. The second-order valence-corrected chi connectivity index (χ2v) is 8.96. The first-order valence-corrected chi connectivity index (χ1v) is 10.4. The van der Waals surface area contributed by atoms with Crippen molar-refractivity contribution in [3.63, 3.8) is 0 Å². The number of nitrogens with one attached hydrogen (secondary N) is 1. The average molecular weight is 345 g/mol. The van der Waals surface area contributed by atoms with Gasteiger partial charge in [-0.05, 0) is 36.6 Å². The minimum atomic E-state index is -3.16. The van der Waals surface area contributed by atoms with Gasteiger partial charge in [-0.2, -0.15) is 0 Å². The summed E-state index contributed by atoms with van der Waals surface area (Å²) in [5.41, 5.74) is 0. The third-order valence-electron chi connectivity index (χ3n) is 3.97. The molecule has 0 aliphatic carbocycles. The van der Waals surface area contributed by atoms with Crippen LogP contribution in [-0.4, -0.2) is 45.1 Å². The van der Waals surface area contributed by atoms with Crippen LogP contribution in [-0.2, 0) is 21.2 Å². The van der Waals surface area contributed by atoms with Gasteiger partial charge in [-0.15, -0.1) is 11.3 Å². The number of nitrogens with zero attached hydrogens (tertiary/aromatic N) is 1. The summed E-state index contributed by atoms with van der Waals surface area (Å²) in [5, 5.41) is 2.03. The number of carbonyl (C=O) groups excluding carboxylic acids is 1. The Morgan fingerprint density at radius 3 is 2.95 bits per heavy atom. The van der Waals surface area contributed by atoms with Crippen LogP contribution >= 0.6 is 11.3 Å². The van der Waals surface area contributed by atoms with E-state index in [0.717, 1.165) is 25.8 Å². The number of hydrogen-bond acceptors (Lipinski definition) is 4. The molecular formula is C15H24N2O3S2. The van der Waals surface area contributed by atoms with E-state index in [-0.39, 0.29) is 17.7 Å². The van der Waals surface area contributed by atoms with Gasteiger partial charge in [0.1, 0.15) is 0 Å². The molecule has 124 valence electrons. The summed E-state index contributed by atoms with van der Waals surface area (Å²) >= 11 is 1.68. The zero-order valence-corrected chi connectivity index (χ0v) is 14.8. The molecule has 5 nitrogen and oxygen atoms in total. The van der Waals surface area contributed by atoms with Gasteiger partial charge in [0, 0.05) is 30.4 Å². The van der Waals surface area contributed by atoms with Crippen molar-refractivity contribution < 1.29 is 13.2 Å². The normalized spacial score (nSPS) is 20.8. The molecule has 1 aliphatic heterocycles. The quantitative estimate of drug-likeness (QED) is 0.854. The topological polar surface area (TPSA) is 66.5 Å². The van der Waals surface area contributed by atoms with E-state index >= 15 is 0 Å². The minimum absolute atomic E-state index is 0.0275. The highest BCUT2D eigenvalue weighted by Gasteiger charge is 2.27. The number of amides is 1. The Balaban J connectivity index is 1.86. The molecule has 7 heteroatoms. The van der Waals surface area contributed by atoms with Crippen molar-refractivity contribution in [3.05, 3.63) is 22.4 Å². The van der Waals surface area contributed by atoms with E-state index in [2.05, 4.69) is 10.8 Å². The van der Waals surface area contributed by atoms with Crippen molar-refractivity contribution in [1.82, 2.24) is 9.62 Å². The van der Waals surface area contributed by atoms with Crippen molar-refractivity contribution in [3.8, 4) is 0 Å². The van der Waals surface area contributed by atoms with Crippen LogP contribution in [0.25, 0.3) is 0 Å².